The molecule has 1 aliphatic heterocycles. The van der Waals surface area contributed by atoms with E-state index in [2.05, 4.69) is 14.8 Å². The van der Waals surface area contributed by atoms with Crippen molar-refractivity contribution >= 4 is 27.6 Å². The predicted molar refractivity (Wildman–Crippen MR) is 85.9 cm³/mol. The summed E-state index contributed by atoms with van der Waals surface area (Å²) in [6.45, 7) is 0.410. The molecule has 1 fully saturated rings. The smallest absolute Gasteiger partial charge is 0.332 e. The van der Waals surface area contributed by atoms with Crippen LogP contribution in [0.4, 0.5) is 5.69 Å². The number of carbonyl (C=O) groups excluding carboxylic acids is 2. The van der Waals surface area contributed by atoms with Crippen LogP contribution in [-0.4, -0.2) is 58.0 Å². The Morgan fingerprint density at radius 2 is 1.75 bits per heavy atom. The van der Waals surface area contributed by atoms with Crippen molar-refractivity contribution in [1.82, 2.24) is 4.31 Å². The third kappa shape index (κ3) is 4.76. The first kappa shape index (κ1) is 18.4. The third-order valence-corrected chi connectivity index (χ3v) is 5.38. The van der Waals surface area contributed by atoms with Crippen LogP contribution >= 0.6 is 0 Å². The van der Waals surface area contributed by atoms with Crippen LogP contribution in [0.25, 0.3) is 0 Å². The normalized spacial score (nSPS) is 15.2. The largest absolute Gasteiger partial charge is 0.454 e. The molecule has 0 aromatic heterocycles. The van der Waals surface area contributed by atoms with Gasteiger partial charge in [-0.1, -0.05) is 0 Å². The Bertz CT molecular complexity index is 680. The van der Waals surface area contributed by atoms with Gasteiger partial charge in [-0.3, -0.25) is 4.79 Å². The summed E-state index contributed by atoms with van der Waals surface area (Å²) in [5, 5.41) is 2.52. The van der Waals surface area contributed by atoms with E-state index in [0.717, 1.165) is 12.8 Å². The number of ether oxygens (including phenoxy) is 2. The number of rotatable bonds is 7. The zero-order chi connectivity index (χ0) is 17.6. The van der Waals surface area contributed by atoms with Crippen LogP contribution in [0, 0.1) is 0 Å². The van der Waals surface area contributed by atoms with Crippen molar-refractivity contribution in [3.63, 3.8) is 0 Å². The average molecular weight is 356 g/mol. The van der Waals surface area contributed by atoms with Gasteiger partial charge in [-0.15, -0.1) is 0 Å². The number of amides is 1. The van der Waals surface area contributed by atoms with E-state index in [1.807, 2.05) is 0 Å². The lowest BCUT2D eigenvalue weighted by Gasteiger charge is -2.15. The molecule has 0 saturated carbocycles. The molecule has 0 spiro atoms. The lowest BCUT2D eigenvalue weighted by Crippen LogP contribution is -2.27. The van der Waals surface area contributed by atoms with E-state index < -0.39 is 28.5 Å². The van der Waals surface area contributed by atoms with Gasteiger partial charge in [0.1, 0.15) is 6.61 Å². The van der Waals surface area contributed by atoms with Crippen molar-refractivity contribution in [2.75, 3.05) is 38.7 Å². The van der Waals surface area contributed by atoms with Crippen LogP contribution < -0.4 is 5.32 Å². The van der Waals surface area contributed by atoms with Gasteiger partial charge in [-0.05, 0) is 37.1 Å². The molecule has 132 valence electrons. The highest BCUT2D eigenvalue weighted by Crippen LogP contribution is 2.22. The average Bonchev–Trinajstić information content (AvgIpc) is 3.09. The Hall–Kier alpha value is -1.97. The highest BCUT2D eigenvalue weighted by Gasteiger charge is 2.26. The van der Waals surface area contributed by atoms with E-state index in [1.165, 1.54) is 35.7 Å². The van der Waals surface area contributed by atoms with Crippen LogP contribution in [0.3, 0.4) is 0 Å². The molecule has 8 nitrogen and oxygen atoms in total. The molecular formula is C15H20N2O6S. The number of anilines is 1. The molecule has 0 atom stereocenters. The van der Waals surface area contributed by atoms with Gasteiger partial charge in [0, 0.05) is 25.9 Å². The lowest BCUT2D eigenvalue weighted by molar-refractivity contribution is -0.150. The Morgan fingerprint density at radius 1 is 1.12 bits per heavy atom. The van der Waals surface area contributed by atoms with E-state index >= 15 is 0 Å². The van der Waals surface area contributed by atoms with Gasteiger partial charge < -0.3 is 14.8 Å². The van der Waals surface area contributed by atoms with Gasteiger partial charge in [-0.2, -0.15) is 4.31 Å². The number of nitrogens with zero attached hydrogens (tertiary/aromatic N) is 1. The molecule has 1 heterocycles. The molecule has 9 heteroatoms. The van der Waals surface area contributed by atoms with Crippen LogP contribution in [-0.2, 0) is 29.1 Å². The molecule has 1 aromatic carbocycles. The quantitative estimate of drug-likeness (QED) is 0.718. The van der Waals surface area contributed by atoms with Gasteiger partial charge in [-0.25, -0.2) is 13.2 Å². The molecular weight excluding hydrogens is 336 g/mol. The summed E-state index contributed by atoms with van der Waals surface area (Å²) in [7, 11) is -2.13. The number of benzene rings is 1. The fourth-order valence-electron chi connectivity index (χ4n) is 2.29. The summed E-state index contributed by atoms with van der Waals surface area (Å²) in [5.41, 5.74) is 0.420. The fraction of sp³-hybridized carbons (Fsp3) is 0.467. The standard InChI is InChI=1S/C15H20N2O6S/c1-22-11-15(19)23-10-14(18)16-12-4-6-13(7-5-12)24(20,21)17-8-2-3-9-17/h4-7H,2-3,8-11H2,1H3,(H,16,18). The second kappa shape index (κ2) is 8.22. The monoisotopic (exact) mass is 356 g/mol. The molecule has 1 saturated heterocycles. The molecule has 0 aliphatic carbocycles. The molecule has 0 radical (unpaired) electrons. The van der Waals surface area contributed by atoms with Crippen LogP contribution in [0.15, 0.2) is 29.2 Å². The number of hydrogen-bond donors (Lipinski definition) is 1. The van der Waals surface area contributed by atoms with Gasteiger partial charge >= 0.3 is 5.97 Å². The van der Waals surface area contributed by atoms with Crippen LogP contribution in [0.2, 0.25) is 0 Å². The highest BCUT2D eigenvalue weighted by atomic mass is 32.2. The van der Waals surface area contributed by atoms with Crippen molar-refractivity contribution in [3.05, 3.63) is 24.3 Å². The first-order valence-corrected chi connectivity index (χ1v) is 8.92. The Labute approximate surface area is 140 Å². The number of nitrogens with one attached hydrogen (secondary N) is 1. The fourth-order valence-corrected chi connectivity index (χ4v) is 3.81. The topological polar surface area (TPSA) is 102 Å². The van der Waals surface area contributed by atoms with Crippen molar-refractivity contribution in [3.8, 4) is 0 Å². The van der Waals surface area contributed by atoms with E-state index in [9.17, 15) is 18.0 Å². The number of hydrogen-bond acceptors (Lipinski definition) is 6. The maximum absolute atomic E-state index is 12.4. The minimum atomic E-state index is -3.47. The van der Waals surface area contributed by atoms with Crippen molar-refractivity contribution in [2.24, 2.45) is 0 Å². The van der Waals surface area contributed by atoms with Crippen molar-refractivity contribution in [2.45, 2.75) is 17.7 Å². The second-order valence-corrected chi connectivity index (χ2v) is 7.22. The molecule has 1 aromatic rings. The minimum absolute atomic E-state index is 0.189. The molecule has 24 heavy (non-hydrogen) atoms. The highest BCUT2D eigenvalue weighted by molar-refractivity contribution is 7.89. The summed E-state index contributed by atoms with van der Waals surface area (Å²) >= 11 is 0. The summed E-state index contributed by atoms with van der Waals surface area (Å²) < 4.78 is 35.5. The first-order chi connectivity index (χ1) is 11.4. The molecule has 0 unspecified atom stereocenters. The Kier molecular flexibility index (Phi) is 6.29. The third-order valence-electron chi connectivity index (χ3n) is 3.47. The van der Waals surface area contributed by atoms with E-state index in [1.54, 1.807) is 0 Å². The van der Waals surface area contributed by atoms with Gasteiger partial charge in [0.25, 0.3) is 5.91 Å². The molecule has 2 rings (SSSR count). The lowest BCUT2D eigenvalue weighted by atomic mass is 10.3. The SMILES string of the molecule is COCC(=O)OCC(=O)Nc1ccc(S(=O)(=O)N2CCCC2)cc1. The van der Waals surface area contributed by atoms with E-state index in [4.69, 9.17) is 0 Å². The number of carbonyl (C=O) groups is 2. The number of sulfonamides is 1. The van der Waals surface area contributed by atoms with Gasteiger partial charge in [0.15, 0.2) is 6.61 Å². The maximum Gasteiger partial charge on any atom is 0.332 e. The molecule has 1 amide bonds. The van der Waals surface area contributed by atoms with Crippen molar-refractivity contribution in [1.29, 1.82) is 0 Å². The summed E-state index contributed by atoms with van der Waals surface area (Å²) in [6, 6.07) is 5.88. The number of methoxy groups -OCH3 is 1. The predicted octanol–water partition coefficient (Wildman–Crippen LogP) is 0.599. The zero-order valence-corrected chi connectivity index (χ0v) is 14.2. The van der Waals surface area contributed by atoms with Gasteiger partial charge in [0.05, 0.1) is 4.90 Å². The maximum atomic E-state index is 12.4. The number of esters is 1. The Balaban J connectivity index is 1.92. The van der Waals surface area contributed by atoms with Crippen LogP contribution in [0.5, 0.6) is 0 Å². The molecule has 0 bridgehead atoms. The zero-order valence-electron chi connectivity index (χ0n) is 13.4. The molecule has 1 N–H and O–H groups in total. The second-order valence-electron chi connectivity index (χ2n) is 5.28. The van der Waals surface area contributed by atoms with E-state index in [0.29, 0.717) is 18.8 Å². The first-order valence-electron chi connectivity index (χ1n) is 7.48. The summed E-state index contributed by atoms with van der Waals surface area (Å²) in [6.07, 6.45) is 1.74. The van der Waals surface area contributed by atoms with Crippen molar-refractivity contribution < 1.29 is 27.5 Å². The Morgan fingerprint density at radius 3 is 2.33 bits per heavy atom. The van der Waals surface area contributed by atoms with Gasteiger partial charge in [0.2, 0.25) is 10.0 Å². The molecule has 1 aliphatic rings. The van der Waals surface area contributed by atoms with E-state index in [-0.39, 0.29) is 11.5 Å². The summed E-state index contributed by atoms with van der Waals surface area (Å²) in [5.74, 6) is -1.16. The van der Waals surface area contributed by atoms with Crippen LogP contribution in [0.1, 0.15) is 12.8 Å². The summed E-state index contributed by atoms with van der Waals surface area (Å²) in [4.78, 5) is 22.9. The minimum Gasteiger partial charge on any atom is -0.454 e.